The van der Waals surface area contributed by atoms with Crippen molar-refractivity contribution < 1.29 is 0 Å². The average molecular weight is 181 g/mol. The molecule has 0 aliphatic heterocycles. The molecule has 0 aromatic heterocycles. The Hall–Kier alpha value is -1.16. The summed E-state index contributed by atoms with van der Waals surface area (Å²) < 4.78 is 0. The van der Waals surface area contributed by atoms with E-state index >= 15 is 0 Å². The third-order valence-electron chi connectivity index (χ3n) is 1.57. The summed E-state index contributed by atoms with van der Waals surface area (Å²) in [5.74, 6) is 0. The normalized spacial score (nSPS) is 16.1. The highest BCUT2D eigenvalue weighted by molar-refractivity contribution is 7.80. The molecule has 4 heteroatoms. The van der Waals surface area contributed by atoms with Gasteiger partial charge in [-0.3, -0.25) is 5.43 Å². The van der Waals surface area contributed by atoms with Gasteiger partial charge in [0, 0.05) is 0 Å². The Kier molecular flexibility index (Phi) is 2.99. The van der Waals surface area contributed by atoms with E-state index in [0.717, 1.165) is 12.1 Å². The van der Waals surface area contributed by atoms with Crippen LogP contribution >= 0.6 is 12.2 Å². The van der Waals surface area contributed by atoms with Crippen molar-refractivity contribution in [2.75, 3.05) is 0 Å². The Balaban J connectivity index is 2.52. The molecule has 1 aliphatic carbocycles. The number of nitrogens with two attached hydrogens (primary N) is 1. The van der Waals surface area contributed by atoms with Crippen LogP contribution in [0.1, 0.15) is 13.3 Å². The van der Waals surface area contributed by atoms with Gasteiger partial charge in [0.25, 0.3) is 0 Å². The van der Waals surface area contributed by atoms with Gasteiger partial charge in [-0.05, 0) is 31.1 Å². The van der Waals surface area contributed by atoms with Crippen molar-refractivity contribution in [1.29, 1.82) is 0 Å². The summed E-state index contributed by atoms with van der Waals surface area (Å²) in [4.78, 5) is 0. The molecule has 3 nitrogen and oxygen atoms in total. The lowest BCUT2D eigenvalue weighted by Crippen LogP contribution is -2.25. The maximum absolute atomic E-state index is 5.22. The van der Waals surface area contributed by atoms with Crippen molar-refractivity contribution >= 4 is 23.0 Å². The van der Waals surface area contributed by atoms with Crippen LogP contribution in [0.4, 0.5) is 0 Å². The van der Waals surface area contributed by atoms with Gasteiger partial charge in [0.1, 0.15) is 0 Å². The molecule has 0 aromatic rings. The van der Waals surface area contributed by atoms with Crippen LogP contribution in [0.15, 0.2) is 28.9 Å². The fourth-order valence-electron chi connectivity index (χ4n) is 0.926. The summed E-state index contributed by atoms with van der Waals surface area (Å²) in [6.07, 6.45) is 7.05. The van der Waals surface area contributed by atoms with Gasteiger partial charge in [0.15, 0.2) is 5.11 Å². The third kappa shape index (κ3) is 2.47. The number of hydrazone groups is 1. The first-order valence-electron chi connectivity index (χ1n) is 3.66. The summed E-state index contributed by atoms with van der Waals surface area (Å²) in [5.41, 5.74) is 9.89. The predicted molar refractivity (Wildman–Crippen MR) is 54.9 cm³/mol. The second-order valence-corrected chi connectivity index (χ2v) is 2.94. The van der Waals surface area contributed by atoms with Gasteiger partial charge in [0.2, 0.25) is 0 Å². The molecule has 64 valence electrons. The molecule has 0 atom stereocenters. The lowest BCUT2D eigenvalue weighted by molar-refractivity contribution is 1.02. The summed E-state index contributed by atoms with van der Waals surface area (Å²) >= 11 is 4.61. The van der Waals surface area contributed by atoms with E-state index in [9.17, 15) is 0 Å². The van der Waals surface area contributed by atoms with Crippen molar-refractivity contribution in [2.45, 2.75) is 13.3 Å². The fraction of sp³-hybridized carbons (Fsp3) is 0.250. The van der Waals surface area contributed by atoms with Crippen LogP contribution in [0, 0.1) is 0 Å². The van der Waals surface area contributed by atoms with Crippen LogP contribution in [0.2, 0.25) is 0 Å². The molecular formula is C8H11N3S. The highest BCUT2D eigenvalue weighted by Crippen LogP contribution is 2.11. The summed E-state index contributed by atoms with van der Waals surface area (Å²) in [6, 6.07) is 0. The molecule has 12 heavy (non-hydrogen) atoms. The zero-order valence-electron chi connectivity index (χ0n) is 6.87. The highest BCUT2D eigenvalue weighted by Gasteiger charge is 2.02. The number of thiocarbonyl (C=S) groups is 1. The summed E-state index contributed by atoms with van der Waals surface area (Å²) in [6.45, 7) is 1.92. The molecule has 0 aromatic carbocycles. The lowest BCUT2D eigenvalue weighted by Gasteiger charge is -2.01. The maximum atomic E-state index is 5.22. The van der Waals surface area contributed by atoms with Crippen LogP contribution in [-0.4, -0.2) is 10.8 Å². The Morgan fingerprint density at radius 1 is 1.75 bits per heavy atom. The van der Waals surface area contributed by atoms with E-state index in [1.807, 2.05) is 19.1 Å². The zero-order valence-corrected chi connectivity index (χ0v) is 7.69. The van der Waals surface area contributed by atoms with Gasteiger partial charge in [-0.25, -0.2) is 0 Å². The number of nitrogens with one attached hydrogen (secondary N) is 1. The monoisotopic (exact) mass is 181 g/mol. The number of hydrogen-bond acceptors (Lipinski definition) is 2. The Morgan fingerprint density at radius 3 is 3.00 bits per heavy atom. The Morgan fingerprint density at radius 2 is 2.50 bits per heavy atom. The van der Waals surface area contributed by atoms with E-state index in [1.165, 1.54) is 5.57 Å². The first kappa shape index (κ1) is 8.93. The molecule has 1 aliphatic rings. The molecule has 0 fully saturated rings. The van der Waals surface area contributed by atoms with Crippen LogP contribution in [-0.2, 0) is 0 Å². The second-order valence-electron chi connectivity index (χ2n) is 2.50. The molecule has 0 unspecified atom stereocenters. The lowest BCUT2D eigenvalue weighted by atomic mass is 10.1. The smallest absolute Gasteiger partial charge is 0.184 e. The fourth-order valence-corrected chi connectivity index (χ4v) is 0.972. The zero-order chi connectivity index (χ0) is 8.97. The molecule has 0 bridgehead atoms. The minimum Gasteiger partial charge on any atom is -0.375 e. The van der Waals surface area contributed by atoms with Gasteiger partial charge in [0.05, 0.1) is 5.71 Å². The van der Waals surface area contributed by atoms with Crippen LogP contribution in [0.25, 0.3) is 0 Å². The Bertz CT molecular complexity index is 276. The van der Waals surface area contributed by atoms with Crippen molar-refractivity contribution in [1.82, 2.24) is 5.43 Å². The van der Waals surface area contributed by atoms with E-state index in [2.05, 4.69) is 28.8 Å². The van der Waals surface area contributed by atoms with Crippen LogP contribution in [0.5, 0.6) is 0 Å². The quantitative estimate of drug-likeness (QED) is 0.381. The minimum atomic E-state index is 0.195. The second kappa shape index (κ2) is 4.01. The van der Waals surface area contributed by atoms with Crippen molar-refractivity contribution in [3.8, 4) is 0 Å². The van der Waals surface area contributed by atoms with Crippen molar-refractivity contribution in [3.63, 3.8) is 0 Å². The predicted octanol–water partition coefficient (Wildman–Crippen LogP) is 1.08. The summed E-state index contributed by atoms with van der Waals surface area (Å²) in [5, 5.41) is 4.19. The number of hydrogen-bond donors (Lipinski definition) is 2. The summed E-state index contributed by atoms with van der Waals surface area (Å²) in [7, 11) is 0. The largest absolute Gasteiger partial charge is 0.375 e. The highest BCUT2D eigenvalue weighted by atomic mass is 32.1. The number of allylic oxidation sites excluding steroid dienone is 4. The molecule has 0 spiro atoms. The first-order valence-corrected chi connectivity index (χ1v) is 4.07. The van der Waals surface area contributed by atoms with Crippen molar-refractivity contribution in [3.05, 3.63) is 23.8 Å². The standard InChI is InChI=1S/C8H11N3S/c1-6(10-11-8(9)12)7-4-2-3-5-7/h2-4H,5H2,1H3,(H3,9,11,12)/b10-6+. The third-order valence-corrected chi connectivity index (χ3v) is 1.66. The SMILES string of the molecule is C/C(=N\NC(N)=S)C1=CC=CC1. The van der Waals surface area contributed by atoms with Crippen molar-refractivity contribution in [2.24, 2.45) is 10.8 Å². The van der Waals surface area contributed by atoms with Crippen LogP contribution < -0.4 is 11.2 Å². The molecule has 0 saturated heterocycles. The van der Waals surface area contributed by atoms with Gasteiger partial charge in [-0.1, -0.05) is 18.2 Å². The van der Waals surface area contributed by atoms with Gasteiger partial charge < -0.3 is 5.73 Å². The first-order chi connectivity index (χ1) is 5.70. The molecule has 0 amide bonds. The van der Waals surface area contributed by atoms with Gasteiger partial charge in [-0.2, -0.15) is 5.10 Å². The van der Waals surface area contributed by atoms with E-state index < -0.39 is 0 Å². The Labute approximate surface area is 77.0 Å². The van der Waals surface area contributed by atoms with E-state index in [-0.39, 0.29) is 5.11 Å². The molecular weight excluding hydrogens is 170 g/mol. The molecule has 3 N–H and O–H groups in total. The van der Waals surface area contributed by atoms with E-state index in [0.29, 0.717) is 0 Å². The van der Waals surface area contributed by atoms with Gasteiger partial charge >= 0.3 is 0 Å². The molecule has 0 radical (unpaired) electrons. The number of nitrogens with zero attached hydrogens (tertiary/aromatic N) is 1. The maximum Gasteiger partial charge on any atom is 0.184 e. The molecule has 0 saturated carbocycles. The van der Waals surface area contributed by atoms with E-state index in [4.69, 9.17) is 5.73 Å². The van der Waals surface area contributed by atoms with Gasteiger partial charge in [-0.15, -0.1) is 0 Å². The average Bonchev–Trinajstić information content (AvgIpc) is 2.51. The van der Waals surface area contributed by atoms with Crippen LogP contribution in [0.3, 0.4) is 0 Å². The molecule has 1 rings (SSSR count). The minimum absolute atomic E-state index is 0.195. The molecule has 0 heterocycles. The van der Waals surface area contributed by atoms with E-state index in [1.54, 1.807) is 0 Å². The topological polar surface area (TPSA) is 50.4 Å². The number of rotatable bonds is 2.